The van der Waals surface area contributed by atoms with Crippen LogP contribution >= 0.6 is 11.6 Å². The van der Waals surface area contributed by atoms with Crippen LogP contribution < -0.4 is 5.32 Å². The van der Waals surface area contributed by atoms with Gasteiger partial charge in [-0.05, 0) is 17.7 Å². The highest BCUT2D eigenvalue weighted by Gasteiger charge is 2.26. The van der Waals surface area contributed by atoms with Crippen molar-refractivity contribution in [1.82, 2.24) is 10.2 Å². The highest BCUT2D eigenvalue weighted by atomic mass is 35.5. The van der Waals surface area contributed by atoms with Gasteiger partial charge in [-0.3, -0.25) is 19.7 Å². The average Bonchev–Trinajstić information content (AvgIpc) is 2.72. The number of rotatable bonds is 5. The van der Waals surface area contributed by atoms with Crippen LogP contribution in [0.1, 0.15) is 22.0 Å². The summed E-state index contributed by atoms with van der Waals surface area (Å²) in [6, 6.07) is 13.3. The van der Waals surface area contributed by atoms with E-state index in [9.17, 15) is 19.7 Å². The van der Waals surface area contributed by atoms with E-state index in [1.54, 1.807) is 4.90 Å². The molecule has 8 nitrogen and oxygen atoms in total. The van der Waals surface area contributed by atoms with E-state index in [1.807, 2.05) is 30.3 Å². The fraction of sp³-hybridized carbons (Fsp3) is 0.263. The summed E-state index contributed by atoms with van der Waals surface area (Å²) < 4.78 is 5.72. The Kier molecular flexibility index (Phi) is 6.23. The Hall–Kier alpha value is -2.97. The molecule has 0 aromatic heterocycles. The first-order valence-corrected chi connectivity index (χ1v) is 9.00. The summed E-state index contributed by atoms with van der Waals surface area (Å²) >= 11 is 5.83. The lowest BCUT2D eigenvalue weighted by Crippen LogP contribution is -2.46. The van der Waals surface area contributed by atoms with Gasteiger partial charge in [0.25, 0.3) is 11.6 Å². The molecule has 9 heteroatoms. The van der Waals surface area contributed by atoms with Crippen molar-refractivity contribution in [3.8, 4) is 0 Å². The van der Waals surface area contributed by atoms with E-state index < -0.39 is 10.8 Å². The third-order valence-electron chi connectivity index (χ3n) is 4.39. The number of hydrogen-bond donors (Lipinski definition) is 1. The molecule has 1 heterocycles. The van der Waals surface area contributed by atoms with Gasteiger partial charge < -0.3 is 15.0 Å². The molecule has 1 saturated heterocycles. The van der Waals surface area contributed by atoms with Gasteiger partial charge in [0, 0.05) is 17.6 Å². The summed E-state index contributed by atoms with van der Waals surface area (Å²) in [5.41, 5.74) is 0.415. The van der Waals surface area contributed by atoms with Crippen molar-refractivity contribution in [3.63, 3.8) is 0 Å². The Morgan fingerprint density at radius 3 is 2.71 bits per heavy atom. The normalized spacial score (nSPS) is 16.5. The van der Waals surface area contributed by atoms with E-state index in [1.165, 1.54) is 12.1 Å². The van der Waals surface area contributed by atoms with Crippen molar-refractivity contribution >= 4 is 29.1 Å². The third kappa shape index (κ3) is 4.65. The molecule has 0 bridgehead atoms. The first kappa shape index (κ1) is 19.8. The lowest BCUT2D eigenvalue weighted by Gasteiger charge is -2.33. The fourth-order valence-corrected chi connectivity index (χ4v) is 3.13. The smallest absolute Gasteiger partial charge is 0.282 e. The van der Waals surface area contributed by atoms with Gasteiger partial charge in [-0.15, -0.1) is 0 Å². The van der Waals surface area contributed by atoms with Crippen LogP contribution in [-0.4, -0.2) is 47.9 Å². The number of benzene rings is 2. The molecule has 1 N–H and O–H groups in total. The van der Waals surface area contributed by atoms with Crippen LogP contribution in [0.5, 0.6) is 0 Å². The third-order valence-corrected chi connectivity index (χ3v) is 4.63. The van der Waals surface area contributed by atoms with Crippen molar-refractivity contribution in [2.45, 2.75) is 6.10 Å². The number of ether oxygens (including phenoxy) is 1. The number of nitro benzene ring substituents is 1. The number of halogens is 1. The minimum atomic E-state index is -0.726. The minimum Gasteiger partial charge on any atom is -0.370 e. The quantitative estimate of drug-likeness (QED) is 0.610. The molecule has 3 rings (SSSR count). The molecule has 0 radical (unpaired) electrons. The molecule has 28 heavy (non-hydrogen) atoms. The van der Waals surface area contributed by atoms with E-state index in [4.69, 9.17) is 16.3 Å². The number of carbonyl (C=O) groups is 2. The largest absolute Gasteiger partial charge is 0.370 e. The first-order chi connectivity index (χ1) is 13.5. The van der Waals surface area contributed by atoms with Crippen molar-refractivity contribution in [1.29, 1.82) is 0 Å². The number of nitro groups is 1. The predicted octanol–water partition coefficient (Wildman–Crippen LogP) is 2.58. The number of nitrogens with one attached hydrogen (secondary N) is 1. The van der Waals surface area contributed by atoms with Gasteiger partial charge in [0.2, 0.25) is 5.91 Å². The fourth-order valence-electron chi connectivity index (χ4n) is 2.96. The van der Waals surface area contributed by atoms with E-state index in [0.717, 1.165) is 11.6 Å². The molecule has 1 aliphatic heterocycles. The predicted molar refractivity (Wildman–Crippen MR) is 102 cm³/mol. The minimum absolute atomic E-state index is 0.186. The summed E-state index contributed by atoms with van der Waals surface area (Å²) in [7, 11) is 0. The van der Waals surface area contributed by atoms with Gasteiger partial charge in [0.05, 0.1) is 24.6 Å². The second-order valence-electron chi connectivity index (χ2n) is 6.21. The van der Waals surface area contributed by atoms with Gasteiger partial charge in [-0.1, -0.05) is 41.9 Å². The van der Waals surface area contributed by atoms with Gasteiger partial charge >= 0.3 is 0 Å². The topological polar surface area (TPSA) is 102 Å². The van der Waals surface area contributed by atoms with Gasteiger partial charge in [0.1, 0.15) is 11.7 Å². The zero-order chi connectivity index (χ0) is 20.1. The van der Waals surface area contributed by atoms with Gasteiger partial charge in [-0.25, -0.2) is 0 Å². The van der Waals surface area contributed by atoms with Gasteiger partial charge in [0.15, 0.2) is 0 Å². The zero-order valence-corrected chi connectivity index (χ0v) is 15.6. The lowest BCUT2D eigenvalue weighted by molar-refractivity contribution is -0.385. The van der Waals surface area contributed by atoms with Crippen LogP contribution in [0, 0.1) is 10.1 Å². The molecule has 1 atom stereocenters. The molecule has 0 saturated carbocycles. The van der Waals surface area contributed by atoms with E-state index in [0.29, 0.717) is 19.7 Å². The highest BCUT2D eigenvalue weighted by molar-refractivity contribution is 6.31. The average molecular weight is 404 g/mol. The molecular formula is C19H18ClN3O5. The van der Waals surface area contributed by atoms with E-state index in [-0.39, 0.29) is 34.8 Å². The molecule has 2 aromatic carbocycles. The summed E-state index contributed by atoms with van der Waals surface area (Å²) in [4.78, 5) is 36.8. The summed E-state index contributed by atoms with van der Waals surface area (Å²) in [6.07, 6.45) is -0.233. The van der Waals surface area contributed by atoms with Crippen molar-refractivity contribution in [3.05, 3.63) is 74.8 Å². The Morgan fingerprint density at radius 1 is 1.25 bits per heavy atom. The standard InChI is InChI=1S/C19H18ClN3O5/c20-14-6-7-16(23(26)27)15(10-14)19(25)21-11-18(24)22-8-9-28-17(12-22)13-4-2-1-3-5-13/h1-7,10,17H,8-9,11-12H2,(H,21,25). The molecule has 1 fully saturated rings. The van der Waals surface area contributed by atoms with Crippen LogP contribution in [0.25, 0.3) is 0 Å². The second kappa shape index (κ2) is 8.81. The molecule has 0 spiro atoms. The van der Waals surface area contributed by atoms with Crippen LogP contribution in [0.3, 0.4) is 0 Å². The Balaban J connectivity index is 1.62. The van der Waals surface area contributed by atoms with E-state index in [2.05, 4.69) is 5.32 Å². The molecule has 1 aliphatic rings. The number of nitrogens with zero attached hydrogens (tertiary/aromatic N) is 2. The molecule has 1 unspecified atom stereocenters. The van der Waals surface area contributed by atoms with Crippen molar-refractivity contribution in [2.24, 2.45) is 0 Å². The molecule has 146 valence electrons. The SMILES string of the molecule is O=C(NCC(=O)N1CCOC(c2ccccc2)C1)c1cc(Cl)ccc1[N+](=O)[O-]. The first-order valence-electron chi connectivity index (χ1n) is 8.62. The zero-order valence-electron chi connectivity index (χ0n) is 14.8. The number of carbonyl (C=O) groups excluding carboxylic acids is 2. The van der Waals surface area contributed by atoms with Crippen LogP contribution in [0.4, 0.5) is 5.69 Å². The van der Waals surface area contributed by atoms with Gasteiger partial charge in [-0.2, -0.15) is 0 Å². The number of morpholine rings is 1. The summed E-state index contributed by atoms with van der Waals surface area (Å²) in [5, 5.41) is 13.7. The summed E-state index contributed by atoms with van der Waals surface area (Å²) in [5.74, 6) is -1.02. The number of hydrogen-bond acceptors (Lipinski definition) is 5. The molecular weight excluding hydrogens is 386 g/mol. The Bertz CT molecular complexity index is 890. The second-order valence-corrected chi connectivity index (χ2v) is 6.65. The van der Waals surface area contributed by atoms with Crippen LogP contribution in [0.2, 0.25) is 5.02 Å². The maximum Gasteiger partial charge on any atom is 0.282 e. The molecule has 2 aromatic rings. The van der Waals surface area contributed by atoms with Crippen molar-refractivity contribution < 1.29 is 19.2 Å². The Morgan fingerprint density at radius 2 is 2.00 bits per heavy atom. The highest BCUT2D eigenvalue weighted by Crippen LogP contribution is 2.23. The van der Waals surface area contributed by atoms with Crippen LogP contribution in [-0.2, 0) is 9.53 Å². The maximum absolute atomic E-state index is 12.5. The van der Waals surface area contributed by atoms with E-state index >= 15 is 0 Å². The maximum atomic E-state index is 12.5. The molecule has 2 amide bonds. The van der Waals surface area contributed by atoms with Crippen molar-refractivity contribution in [2.75, 3.05) is 26.2 Å². The number of amides is 2. The molecule has 0 aliphatic carbocycles. The Labute approximate surface area is 166 Å². The van der Waals surface area contributed by atoms with Crippen LogP contribution in [0.15, 0.2) is 48.5 Å². The monoisotopic (exact) mass is 403 g/mol. The summed E-state index contributed by atoms with van der Waals surface area (Å²) in [6.45, 7) is 0.897. The lowest BCUT2D eigenvalue weighted by atomic mass is 10.1.